The second kappa shape index (κ2) is 6.24. The average Bonchev–Trinajstić information content (AvgIpc) is 2.70. The Morgan fingerprint density at radius 1 is 1.60 bits per heavy atom. The van der Waals surface area contributed by atoms with Crippen LogP contribution in [0.3, 0.4) is 0 Å². The number of nitrogens with one attached hydrogen (secondary N) is 2. The summed E-state index contributed by atoms with van der Waals surface area (Å²) >= 11 is 0. The zero-order chi connectivity index (χ0) is 11.1. The molecule has 0 spiro atoms. The molecule has 15 heavy (non-hydrogen) atoms. The smallest absolute Gasteiger partial charge is 0.221 e. The number of amides is 1. The van der Waals surface area contributed by atoms with E-state index in [1.165, 1.54) is 0 Å². The topological polar surface area (TPSA) is 54.3 Å². The van der Waals surface area contributed by atoms with E-state index in [2.05, 4.69) is 10.6 Å². The Labute approximate surface area is 90.0 Å². The molecule has 1 rings (SSSR count). The van der Waals surface area contributed by atoms with E-state index in [9.17, 15) is 4.79 Å². The monoisotopic (exact) mass is 210 g/mol. The number of furan rings is 1. The number of hydrogen-bond donors (Lipinski definition) is 2. The fraction of sp³-hybridized carbons (Fsp3) is 0.545. The first-order valence-corrected chi connectivity index (χ1v) is 5.27. The van der Waals surface area contributed by atoms with Gasteiger partial charge >= 0.3 is 0 Å². The van der Waals surface area contributed by atoms with Crippen molar-refractivity contribution in [3.05, 3.63) is 24.2 Å². The summed E-state index contributed by atoms with van der Waals surface area (Å²) in [7, 11) is 0. The fourth-order valence-electron chi connectivity index (χ4n) is 1.33. The zero-order valence-corrected chi connectivity index (χ0v) is 9.25. The van der Waals surface area contributed by atoms with Crippen LogP contribution >= 0.6 is 0 Å². The fourth-order valence-corrected chi connectivity index (χ4v) is 1.33. The summed E-state index contributed by atoms with van der Waals surface area (Å²) in [5, 5.41) is 5.97. The molecule has 0 unspecified atom stereocenters. The molecule has 0 aliphatic carbocycles. The van der Waals surface area contributed by atoms with Crippen molar-refractivity contribution in [2.45, 2.75) is 26.3 Å². The van der Waals surface area contributed by atoms with Gasteiger partial charge in [-0.1, -0.05) is 0 Å². The van der Waals surface area contributed by atoms with Crippen LogP contribution in [0.15, 0.2) is 22.8 Å². The van der Waals surface area contributed by atoms with E-state index in [1.807, 2.05) is 26.0 Å². The van der Waals surface area contributed by atoms with Gasteiger partial charge in [-0.2, -0.15) is 0 Å². The molecule has 0 bridgehead atoms. The van der Waals surface area contributed by atoms with Gasteiger partial charge in [0.25, 0.3) is 0 Å². The van der Waals surface area contributed by atoms with E-state index in [0.29, 0.717) is 19.5 Å². The lowest BCUT2D eigenvalue weighted by molar-refractivity contribution is -0.120. The summed E-state index contributed by atoms with van der Waals surface area (Å²) in [6, 6.07) is 3.93. The number of carbonyl (C=O) groups excluding carboxylic acids is 1. The molecule has 0 fully saturated rings. The molecule has 1 aromatic heterocycles. The van der Waals surface area contributed by atoms with Crippen molar-refractivity contribution in [2.75, 3.05) is 13.1 Å². The molecule has 2 N–H and O–H groups in total. The Morgan fingerprint density at radius 3 is 3.00 bits per heavy atom. The Hall–Kier alpha value is -1.29. The molecule has 0 aliphatic rings. The van der Waals surface area contributed by atoms with Gasteiger partial charge in [0, 0.05) is 19.5 Å². The molecular weight excluding hydrogens is 192 g/mol. The van der Waals surface area contributed by atoms with E-state index < -0.39 is 0 Å². The van der Waals surface area contributed by atoms with E-state index in [-0.39, 0.29) is 11.9 Å². The molecule has 1 aromatic rings. The molecular formula is C11H18N2O2. The van der Waals surface area contributed by atoms with Crippen LogP contribution < -0.4 is 10.6 Å². The van der Waals surface area contributed by atoms with Crippen molar-refractivity contribution in [1.82, 2.24) is 10.6 Å². The molecule has 0 saturated carbocycles. The molecule has 84 valence electrons. The van der Waals surface area contributed by atoms with Crippen LogP contribution in [-0.2, 0) is 4.79 Å². The predicted molar refractivity (Wildman–Crippen MR) is 58.4 cm³/mol. The minimum Gasteiger partial charge on any atom is -0.468 e. The van der Waals surface area contributed by atoms with E-state index in [1.54, 1.807) is 6.26 Å². The van der Waals surface area contributed by atoms with Gasteiger partial charge in [-0.3, -0.25) is 4.79 Å². The molecule has 1 atom stereocenters. The number of hydrogen-bond acceptors (Lipinski definition) is 3. The maximum Gasteiger partial charge on any atom is 0.221 e. The Kier molecular flexibility index (Phi) is 4.90. The number of carbonyl (C=O) groups is 1. The predicted octanol–water partition coefficient (Wildman–Crippen LogP) is 1.46. The number of rotatable bonds is 6. The van der Waals surface area contributed by atoms with Crippen LogP contribution in [0, 0.1) is 0 Å². The van der Waals surface area contributed by atoms with Gasteiger partial charge in [0.15, 0.2) is 0 Å². The van der Waals surface area contributed by atoms with Crippen molar-refractivity contribution < 1.29 is 9.21 Å². The molecule has 0 aromatic carbocycles. The van der Waals surface area contributed by atoms with Gasteiger partial charge in [-0.25, -0.2) is 0 Å². The van der Waals surface area contributed by atoms with Crippen molar-refractivity contribution in [3.63, 3.8) is 0 Å². The first-order valence-electron chi connectivity index (χ1n) is 5.27. The third-order valence-electron chi connectivity index (χ3n) is 2.15. The second-order valence-electron chi connectivity index (χ2n) is 3.39. The van der Waals surface area contributed by atoms with Gasteiger partial charge in [0.05, 0.1) is 12.3 Å². The summed E-state index contributed by atoms with van der Waals surface area (Å²) in [4.78, 5) is 11.1. The van der Waals surface area contributed by atoms with Crippen LogP contribution in [0.4, 0.5) is 0 Å². The summed E-state index contributed by atoms with van der Waals surface area (Å²) in [5.41, 5.74) is 0. The summed E-state index contributed by atoms with van der Waals surface area (Å²) in [6.45, 7) is 5.27. The van der Waals surface area contributed by atoms with Gasteiger partial charge in [-0.15, -0.1) is 0 Å². The van der Waals surface area contributed by atoms with Crippen molar-refractivity contribution in [3.8, 4) is 0 Å². The van der Waals surface area contributed by atoms with Gasteiger partial charge in [0.1, 0.15) is 5.76 Å². The zero-order valence-electron chi connectivity index (χ0n) is 9.25. The second-order valence-corrected chi connectivity index (χ2v) is 3.39. The Bertz CT molecular complexity index is 283. The van der Waals surface area contributed by atoms with Crippen molar-refractivity contribution in [2.24, 2.45) is 0 Å². The third kappa shape index (κ3) is 4.16. The highest BCUT2D eigenvalue weighted by molar-refractivity contribution is 5.75. The van der Waals surface area contributed by atoms with Crippen LogP contribution in [0.5, 0.6) is 0 Å². The minimum atomic E-state index is 0.0802. The van der Waals surface area contributed by atoms with Gasteiger partial charge < -0.3 is 15.1 Å². The average molecular weight is 210 g/mol. The lowest BCUT2D eigenvalue weighted by Crippen LogP contribution is -2.28. The lowest BCUT2D eigenvalue weighted by atomic mass is 10.2. The SMILES string of the molecule is CCNC(=O)CCN[C@H](C)c1ccco1. The molecule has 0 radical (unpaired) electrons. The van der Waals surface area contributed by atoms with Crippen LogP contribution in [-0.4, -0.2) is 19.0 Å². The molecule has 1 amide bonds. The van der Waals surface area contributed by atoms with E-state index in [0.717, 1.165) is 5.76 Å². The molecule has 4 nitrogen and oxygen atoms in total. The first-order chi connectivity index (χ1) is 7.24. The van der Waals surface area contributed by atoms with Crippen LogP contribution in [0.25, 0.3) is 0 Å². The molecule has 0 aliphatic heterocycles. The minimum absolute atomic E-state index is 0.0802. The highest BCUT2D eigenvalue weighted by atomic mass is 16.3. The summed E-state index contributed by atoms with van der Waals surface area (Å²) in [5.74, 6) is 0.975. The normalized spacial score (nSPS) is 12.4. The highest BCUT2D eigenvalue weighted by Gasteiger charge is 2.07. The Morgan fingerprint density at radius 2 is 2.40 bits per heavy atom. The molecule has 0 saturated heterocycles. The largest absolute Gasteiger partial charge is 0.468 e. The van der Waals surface area contributed by atoms with Gasteiger partial charge in [-0.05, 0) is 26.0 Å². The quantitative estimate of drug-likeness (QED) is 0.747. The Balaban J connectivity index is 2.18. The van der Waals surface area contributed by atoms with Crippen LogP contribution in [0.2, 0.25) is 0 Å². The van der Waals surface area contributed by atoms with E-state index in [4.69, 9.17) is 4.42 Å². The summed E-state index contributed by atoms with van der Waals surface area (Å²) < 4.78 is 5.24. The van der Waals surface area contributed by atoms with Crippen molar-refractivity contribution in [1.29, 1.82) is 0 Å². The van der Waals surface area contributed by atoms with Crippen molar-refractivity contribution >= 4 is 5.91 Å². The van der Waals surface area contributed by atoms with Crippen LogP contribution in [0.1, 0.15) is 32.1 Å². The van der Waals surface area contributed by atoms with Gasteiger partial charge in [0.2, 0.25) is 5.91 Å². The molecule has 4 heteroatoms. The lowest BCUT2D eigenvalue weighted by Gasteiger charge is -2.10. The third-order valence-corrected chi connectivity index (χ3v) is 2.15. The maximum atomic E-state index is 11.1. The summed E-state index contributed by atoms with van der Waals surface area (Å²) in [6.07, 6.45) is 2.15. The maximum absolute atomic E-state index is 11.1. The van der Waals surface area contributed by atoms with E-state index >= 15 is 0 Å². The molecule has 1 heterocycles. The highest BCUT2D eigenvalue weighted by Crippen LogP contribution is 2.11. The standard InChI is InChI=1S/C11H18N2O2/c1-3-12-11(14)6-7-13-9(2)10-5-4-8-15-10/h4-5,8-9,13H,3,6-7H2,1-2H3,(H,12,14)/t9-/m1/s1. The first kappa shape index (κ1) is 11.8.